The molecule has 0 radical (unpaired) electrons. The molecule has 1 aliphatic rings. The van der Waals surface area contributed by atoms with Crippen molar-refractivity contribution < 1.29 is 5.11 Å². The Morgan fingerprint density at radius 1 is 1.47 bits per heavy atom. The number of fused-ring (bicyclic) bond motifs is 1. The number of aliphatic hydroxyl groups is 1. The molecule has 0 saturated heterocycles. The molecule has 100 valence electrons. The molecule has 19 heavy (non-hydrogen) atoms. The zero-order chi connectivity index (χ0) is 13.4. The predicted octanol–water partition coefficient (Wildman–Crippen LogP) is 1.86. The maximum absolute atomic E-state index is 10.7. The number of nitrogens with zero attached hydrogens (tertiary/aromatic N) is 2. The highest BCUT2D eigenvalue weighted by molar-refractivity contribution is 5.37. The maximum Gasteiger partial charge on any atom is 0.102 e. The molecule has 2 heterocycles. The Morgan fingerprint density at radius 2 is 2.26 bits per heavy atom. The van der Waals surface area contributed by atoms with Gasteiger partial charge in [0.05, 0.1) is 11.7 Å². The highest BCUT2D eigenvalue weighted by atomic mass is 16.3. The second-order valence-electron chi connectivity index (χ2n) is 5.06. The minimum atomic E-state index is -0.549. The van der Waals surface area contributed by atoms with Crippen LogP contribution in [-0.2, 0) is 20.0 Å². The van der Waals surface area contributed by atoms with Gasteiger partial charge < -0.3 is 10.4 Å². The van der Waals surface area contributed by atoms with Gasteiger partial charge in [0, 0.05) is 25.4 Å². The van der Waals surface area contributed by atoms with Gasteiger partial charge in [-0.15, -0.1) is 0 Å². The van der Waals surface area contributed by atoms with Gasteiger partial charge in [-0.2, -0.15) is 5.10 Å². The molecule has 2 N–H and O–H groups in total. The van der Waals surface area contributed by atoms with Crippen molar-refractivity contribution >= 4 is 0 Å². The molecule has 2 atom stereocenters. The summed E-state index contributed by atoms with van der Waals surface area (Å²) in [5.74, 6) is 0. The lowest BCUT2D eigenvalue weighted by Crippen LogP contribution is -2.20. The summed E-state index contributed by atoms with van der Waals surface area (Å²) >= 11 is 0. The molecule has 2 aromatic rings. The van der Waals surface area contributed by atoms with Crippen LogP contribution in [-0.4, -0.2) is 14.9 Å². The average molecular weight is 257 g/mol. The Bertz CT molecular complexity index is 591. The normalized spacial score (nSPS) is 19.4. The van der Waals surface area contributed by atoms with Gasteiger partial charge in [-0.05, 0) is 17.5 Å². The zero-order valence-corrected chi connectivity index (χ0v) is 11.3. The van der Waals surface area contributed by atoms with Crippen LogP contribution in [0.15, 0.2) is 30.5 Å². The fourth-order valence-corrected chi connectivity index (χ4v) is 2.86. The topological polar surface area (TPSA) is 50.1 Å². The van der Waals surface area contributed by atoms with Crippen molar-refractivity contribution in [2.75, 3.05) is 0 Å². The van der Waals surface area contributed by atoms with Crippen LogP contribution in [0, 0.1) is 0 Å². The van der Waals surface area contributed by atoms with E-state index in [9.17, 15) is 5.11 Å². The summed E-state index contributed by atoms with van der Waals surface area (Å²) in [6, 6.07) is 8.22. The van der Waals surface area contributed by atoms with Gasteiger partial charge in [0.1, 0.15) is 6.10 Å². The predicted molar refractivity (Wildman–Crippen MR) is 73.6 cm³/mol. The van der Waals surface area contributed by atoms with Crippen LogP contribution in [0.1, 0.15) is 41.5 Å². The summed E-state index contributed by atoms with van der Waals surface area (Å²) in [7, 11) is 1.89. The van der Waals surface area contributed by atoms with Crippen molar-refractivity contribution in [1.29, 1.82) is 0 Å². The van der Waals surface area contributed by atoms with E-state index in [1.165, 1.54) is 11.1 Å². The Balaban J connectivity index is 1.95. The lowest BCUT2D eigenvalue weighted by Gasteiger charge is -2.19. The van der Waals surface area contributed by atoms with Crippen LogP contribution in [0.3, 0.4) is 0 Å². The van der Waals surface area contributed by atoms with Crippen molar-refractivity contribution in [3.05, 3.63) is 52.8 Å². The first-order valence-corrected chi connectivity index (χ1v) is 6.72. The van der Waals surface area contributed by atoms with Crippen LogP contribution < -0.4 is 5.32 Å². The molecule has 0 spiro atoms. The van der Waals surface area contributed by atoms with E-state index in [0.717, 1.165) is 24.2 Å². The first-order valence-electron chi connectivity index (χ1n) is 6.72. The molecule has 0 bridgehead atoms. The van der Waals surface area contributed by atoms with Crippen LogP contribution in [0.25, 0.3) is 0 Å². The number of hydrogen-bond donors (Lipinski definition) is 2. The first kappa shape index (κ1) is 12.4. The summed E-state index contributed by atoms with van der Waals surface area (Å²) in [6.07, 6.45) is 2.21. The van der Waals surface area contributed by atoms with Crippen molar-refractivity contribution in [3.63, 3.8) is 0 Å². The van der Waals surface area contributed by atoms with Crippen LogP contribution in [0.5, 0.6) is 0 Å². The molecule has 2 unspecified atom stereocenters. The summed E-state index contributed by atoms with van der Waals surface area (Å²) in [6.45, 7) is 2.88. The molecular formula is C15H19N3O. The number of aliphatic hydroxyl groups excluding tert-OH is 1. The van der Waals surface area contributed by atoms with Crippen molar-refractivity contribution in [1.82, 2.24) is 15.1 Å². The highest BCUT2D eigenvalue weighted by Crippen LogP contribution is 2.36. The van der Waals surface area contributed by atoms with Crippen LogP contribution >= 0.6 is 0 Å². The Labute approximate surface area is 113 Å². The summed E-state index contributed by atoms with van der Waals surface area (Å²) in [5, 5.41) is 18.5. The number of hydrogen-bond acceptors (Lipinski definition) is 3. The van der Waals surface area contributed by atoms with E-state index < -0.39 is 6.10 Å². The maximum atomic E-state index is 10.7. The number of benzene rings is 1. The van der Waals surface area contributed by atoms with Gasteiger partial charge in [-0.3, -0.25) is 4.68 Å². The van der Waals surface area contributed by atoms with Crippen molar-refractivity contribution in [2.24, 2.45) is 7.05 Å². The molecule has 4 nitrogen and oxygen atoms in total. The third-order valence-corrected chi connectivity index (χ3v) is 3.81. The van der Waals surface area contributed by atoms with E-state index in [1.54, 1.807) is 4.68 Å². The number of rotatable bonds is 3. The standard InChI is InChI=1S/C15H19N3O/c1-3-13-12(9-18(2)17-13)15(19)14-11-7-5-4-6-10(11)8-16-14/h4-7,9,14-16,19H,3,8H2,1-2H3. The molecular weight excluding hydrogens is 238 g/mol. The molecule has 4 heteroatoms. The van der Waals surface area contributed by atoms with Crippen molar-refractivity contribution in [3.8, 4) is 0 Å². The van der Waals surface area contributed by atoms with Gasteiger partial charge >= 0.3 is 0 Å². The minimum absolute atomic E-state index is 0.0364. The third-order valence-electron chi connectivity index (χ3n) is 3.81. The van der Waals surface area contributed by atoms with Gasteiger partial charge in [-0.1, -0.05) is 31.2 Å². The van der Waals surface area contributed by atoms with Crippen LogP contribution in [0.4, 0.5) is 0 Å². The molecule has 1 aliphatic heterocycles. The Morgan fingerprint density at radius 3 is 3.05 bits per heavy atom. The number of nitrogens with one attached hydrogen (secondary N) is 1. The molecule has 3 rings (SSSR count). The van der Waals surface area contributed by atoms with E-state index in [0.29, 0.717) is 0 Å². The zero-order valence-electron chi connectivity index (χ0n) is 11.3. The Hall–Kier alpha value is -1.65. The van der Waals surface area contributed by atoms with E-state index in [4.69, 9.17) is 0 Å². The second kappa shape index (κ2) is 4.79. The van der Waals surface area contributed by atoms with E-state index in [1.807, 2.05) is 25.4 Å². The van der Waals surface area contributed by atoms with E-state index in [-0.39, 0.29) is 6.04 Å². The third kappa shape index (κ3) is 2.07. The molecule has 1 aromatic carbocycles. The SMILES string of the molecule is CCc1nn(C)cc1C(O)C1NCc2ccccc21. The first-order chi connectivity index (χ1) is 9.20. The fourth-order valence-electron chi connectivity index (χ4n) is 2.86. The lowest BCUT2D eigenvalue weighted by molar-refractivity contribution is 0.133. The molecule has 0 fully saturated rings. The lowest BCUT2D eigenvalue weighted by atomic mass is 9.96. The fraction of sp³-hybridized carbons (Fsp3) is 0.400. The largest absolute Gasteiger partial charge is 0.386 e. The molecule has 1 aromatic heterocycles. The molecule has 0 amide bonds. The Kier molecular flexibility index (Phi) is 3.12. The minimum Gasteiger partial charge on any atom is -0.386 e. The van der Waals surface area contributed by atoms with E-state index in [2.05, 4.69) is 29.5 Å². The van der Waals surface area contributed by atoms with E-state index >= 15 is 0 Å². The average Bonchev–Trinajstić information content (AvgIpc) is 3.01. The summed E-state index contributed by atoms with van der Waals surface area (Å²) in [4.78, 5) is 0. The van der Waals surface area contributed by atoms with Crippen LogP contribution in [0.2, 0.25) is 0 Å². The number of aromatic nitrogens is 2. The quantitative estimate of drug-likeness (QED) is 0.882. The van der Waals surface area contributed by atoms with Gasteiger partial charge in [-0.25, -0.2) is 0 Å². The summed E-state index contributed by atoms with van der Waals surface area (Å²) < 4.78 is 1.78. The number of aryl methyl sites for hydroxylation is 2. The highest BCUT2D eigenvalue weighted by Gasteiger charge is 2.30. The smallest absolute Gasteiger partial charge is 0.102 e. The van der Waals surface area contributed by atoms with Gasteiger partial charge in [0.15, 0.2) is 0 Å². The van der Waals surface area contributed by atoms with Gasteiger partial charge in [0.2, 0.25) is 0 Å². The molecule has 0 aliphatic carbocycles. The van der Waals surface area contributed by atoms with Gasteiger partial charge in [0.25, 0.3) is 0 Å². The second-order valence-corrected chi connectivity index (χ2v) is 5.06. The monoisotopic (exact) mass is 257 g/mol. The van der Waals surface area contributed by atoms with Crippen molar-refractivity contribution in [2.45, 2.75) is 32.0 Å². The molecule has 0 saturated carbocycles. The summed E-state index contributed by atoms with van der Waals surface area (Å²) in [5.41, 5.74) is 4.37.